The van der Waals surface area contributed by atoms with E-state index in [1.54, 1.807) is 15.9 Å². The lowest BCUT2D eigenvalue weighted by molar-refractivity contribution is 0.0255. The number of ether oxygens (including phenoxy) is 1. The minimum atomic E-state index is -0.526. The Labute approximate surface area is 161 Å². The van der Waals surface area contributed by atoms with Crippen LogP contribution in [-0.4, -0.2) is 53.6 Å². The molecule has 7 heteroatoms. The van der Waals surface area contributed by atoms with Gasteiger partial charge in [0.05, 0.1) is 0 Å². The quantitative estimate of drug-likeness (QED) is 0.687. The maximum Gasteiger partial charge on any atom is 0.410 e. The molecule has 2 amide bonds. The van der Waals surface area contributed by atoms with Gasteiger partial charge in [0.1, 0.15) is 11.2 Å². The molecule has 0 radical (unpaired) electrons. The van der Waals surface area contributed by atoms with Crippen LogP contribution in [-0.2, 0) is 4.74 Å². The first-order valence-electron chi connectivity index (χ1n) is 8.69. The molecule has 2 aromatic rings. The van der Waals surface area contributed by atoms with Gasteiger partial charge < -0.3 is 19.0 Å². The number of hydrogen-bond donors (Lipinski definition) is 0. The standard InChI is InChI=1S/C19H23BrN2O4/c1-19(2,3)26-18(24)22-8-4-7-21(9-10-22)17(23)16-12-13-11-14(20)5-6-15(13)25-16/h5-6,11-12H,4,7-10H2,1-3H3. The molecule has 0 atom stereocenters. The lowest BCUT2D eigenvalue weighted by Gasteiger charge is -2.26. The van der Waals surface area contributed by atoms with Crippen LogP contribution in [0, 0.1) is 0 Å². The maximum absolute atomic E-state index is 12.8. The van der Waals surface area contributed by atoms with E-state index in [1.165, 1.54) is 0 Å². The van der Waals surface area contributed by atoms with E-state index < -0.39 is 5.60 Å². The zero-order chi connectivity index (χ0) is 18.9. The lowest BCUT2D eigenvalue weighted by Crippen LogP contribution is -2.40. The van der Waals surface area contributed by atoms with Gasteiger partial charge in [-0.1, -0.05) is 15.9 Å². The van der Waals surface area contributed by atoms with Crippen molar-refractivity contribution in [2.45, 2.75) is 32.8 Å². The molecule has 0 bridgehead atoms. The number of fused-ring (bicyclic) bond motifs is 1. The smallest absolute Gasteiger partial charge is 0.410 e. The van der Waals surface area contributed by atoms with Crippen LogP contribution >= 0.6 is 15.9 Å². The van der Waals surface area contributed by atoms with Gasteiger partial charge in [-0.25, -0.2) is 4.79 Å². The molecule has 0 aliphatic carbocycles. The van der Waals surface area contributed by atoms with Crippen molar-refractivity contribution in [3.05, 3.63) is 34.5 Å². The molecule has 1 aromatic heterocycles. The van der Waals surface area contributed by atoms with E-state index in [1.807, 2.05) is 39.0 Å². The summed E-state index contributed by atoms with van der Waals surface area (Å²) in [6.45, 7) is 7.60. The van der Waals surface area contributed by atoms with E-state index in [4.69, 9.17) is 9.15 Å². The van der Waals surface area contributed by atoms with Gasteiger partial charge in [-0.3, -0.25) is 4.79 Å². The van der Waals surface area contributed by atoms with Crippen molar-refractivity contribution >= 4 is 38.9 Å². The van der Waals surface area contributed by atoms with E-state index in [0.717, 1.165) is 9.86 Å². The highest BCUT2D eigenvalue weighted by atomic mass is 79.9. The molecule has 1 aromatic carbocycles. The first kappa shape index (κ1) is 18.8. The van der Waals surface area contributed by atoms with Crippen LogP contribution in [0.2, 0.25) is 0 Å². The van der Waals surface area contributed by atoms with E-state index in [-0.39, 0.29) is 12.0 Å². The first-order valence-corrected chi connectivity index (χ1v) is 9.48. The van der Waals surface area contributed by atoms with Crippen LogP contribution < -0.4 is 0 Å². The molecule has 140 valence electrons. The van der Waals surface area contributed by atoms with Crippen molar-refractivity contribution < 1.29 is 18.7 Å². The average molecular weight is 423 g/mol. The summed E-state index contributed by atoms with van der Waals surface area (Å²) in [5, 5.41) is 0.882. The Morgan fingerprint density at radius 1 is 1.08 bits per heavy atom. The largest absolute Gasteiger partial charge is 0.451 e. The van der Waals surface area contributed by atoms with Gasteiger partial charge >= 0.3 is 6.09 Å². The zero-order valence-electron chi connectivity index (χ0n) is 15.3. The van der Waals surface area contributed by atoms with Crippen LogP contribution in [0.5, 0.6) is 0 Å². The number of nitrogens with zero attached hydrogens (tertiary/aromatic N) is 2. The third-order valence-corrected chi connectivity index (χ3v) is 4.62. The van der Waals surface area contributed by atoms with Crippen LogP contribution in [0.1, 0.15) is 37.7 Å². The summed E-state index contributed by atoms with van der Waals surface area (Å²) in [7, 11) is 0. The van der Waals surface area contributed by atoms with E-state index in [2.05, 4.69) is 15.9 Å². The van der Waals surface area contributed by atoms with Crippen LogP contribution in [0.25, 0.3) is 11.0 Å². The van der Waals surface area contributed by atoms with Gasteiger partial charge in [0, 0.05) is 36.0 Å². The molecule has 1 fully saturated rings. The molecular weight excluding hydrogens is 400 g/mol. The van der Waals surface area contributed by atoms with Crippen molar-refractivity contribution in [2.75, 3.05) is 26.2 Å². The normalized spacial score (nSPS) is 15.8. The molecule has 1 aliphatic heterocycles. The Morgan fingerprint density at radius 3 is 2.50 bits per heavy atom. The molecule has 6 nitrogen and oxygen atoms in total. The number of rotatable bonds is 1. The van der Waals surface area contributed by atoms with Gasteiger partial charge in [-0.2, -0.15) is 0 Å². The van der Waals surface area contributed by atoms with Gasteiger partial charge in [0.25, 0.3) is 5.91 Å². The number of halogens is 1. The number of hydrogen-bond acceptors (Lipinski definition) is 4. The molecule has 1 saturated heterocycles. The van der Waals surface area contributed by atoms with E-state index in [0.29, 0.717) is 43.9 Å². The molecule has 0 spiro atoms. The van der Waals surface area contributed by atoms with Gasteiger partial charge in [0.2, 0.25) is 0 Å². The fourth-order valence-corrected chi connectivity index (χ4v) is 3.28. The Hall–Kier alpha value is -2.02. The number of benzene rings is 1. The first-order chi connectivity index (χ1) is 12.2. The summed E-state index contributed by atoms with van der Waals surface area (Å²) in [5.74, 6) is 0.173. The van der Waals surface area contributed by atoms with Gasteiger partial charge in [0.15, 0.2) is 5.76 Å². The second-order valence-electron chi connectivity index (χ2n) is 7.41. The topological polar surface area (TPSA) is 63.0 Å². The fourth-order valence-electron chi connectivity index (χ4n) is 2.91. The Balaban J connectivity index is 1.68. The van der Waals surface area contributed by atoms with Crippen molar-refractivity contribution in [3.8, 4) is 0 Å². The molecule has 0 N–H and O–H groups in total. The number of carbonyl (C=O) groups is 2. The minimum Gasteiger partial charge on any atom is -0.451 e. The maximum atomic E-state index is 12.8. The van der Waals surface area contributed by atoms with Crippen molar-refractivity contribution in [3.63, 3.8) is 0 Å². The number of furan rings is 1. The summed E-state index contributed by atoms with van der Waals surface area (Å²) in [6, 6.07) is 7.40. The van der Waals surface area contributed by atoms with Crippen LogP contribution in [0.4, 0.5) is 4.79 Å². The van der Waals surface area contributed by atoms with Crippen LogP contribution in [0.15, 0.2) is 33.2 Å². The second kappa shape index (κ2) is 7.31. The van der Waals surface area contributed by atoms with Gasteiger partial charge in [-0.15, -0.1) is 0 Å². The lowest BCUT2D eigenvalue weighted by atomic mass is 10.2. The minimum absolute atomic E-state index is 0.150. The predicted octanol–water partition coefficient (Wildman–Crippen LogP) is 4.28. The number of carbonyl (C=O) groups excluding carboxylic acids is 2. The number of amides is 2. The Kier molecular flexibility index (Phi) is 5.27. The highest BCUT2D eigenvalue weighted by Crippen LogP contribution is 2.24. The third-order valence-electron chi connectivity index (χ3n) is 4.12. The molecule has 26 heavy (non-hydrogen) atoms. The van der Waals surface area contributed by atoms with E-state index in [9.17, 15) is 9.59 Å². The highest BCUT2D eigenvalue weighted by Gasteiger charge is 2.27. The third kappa shape index (κ3) is 4.38. The van der Waals surface area contributed by atoms with Crippen molar-refractivity contribution in [1.29, 1.82) is 0 Å². The molecule has 1 aliphatic rings. The van der Waals surface area contributed by atoms with Gasteiger partial charge in [-0.05, 0) is 51.5 Å². The highest BCUT2D eigenvalue weighted by molar-refractivity contribution is 9.10. The SMILES string of the molecule is CC(C)(C)OC(=O)N1CCCN(C(=O)c2cc3cc(Br)ccc3o2)CC1. The molecule has 0 unspecified atom stereocenters. The fraction of sp³-hybridized carbons (Fsp3) is 0.474. The summed E-state index contributed by atoms with van der Waals surface area (Å²) < 4.78 is 12.1. The van der Waals surface area contributed by atoms with Crippen molar-refractivity contribution in [1.82, 2.24) is 9.80 Å². The predicted molar refractivity (Wildman–Crippen MR) is 102 cm³/mol. The molecule has 3 rings (SSSR count). The molecular formula is C19H23BrN2O4. The zero-order valence-corrected chi connectivity index (χ0v) is 16.8. The summed E-state index contributed by atoms with van der Waals surface area (Å²) in [6.07, 6.45) is 0.372. The Bertz CT molecular complexity index is 825. The average Bonchev–Trinajstić information content (AvgIpc) is 2.80. The monoisotopic (exact) mass is 422 g/mol. The summed E-state index contributed by atoms with van der Waals surface area (Å²) in [4.78, 5) is 28.4. The Morgan fingerprint density at radius 2 is 1.77 bits per heavy atom. The second-order valence-corrected chi connectivity index (χ2v) is 8.32. The molecule has 0 saturated carbocycles. The van der Waals surface area contributed by atoms with E-state index >= 15 is 0 Å². The molecule has 2 heterocycles. The summed E-state index contributed by atoms with van der Waals surface area (Å²) in [5.41, 5.74) is 0.156. The summed E-state index contributed by atoms with van der Waals surface area (Å²) >= 11 is 3.42. The van der Waals surface area contributed by atoms with Crippen LogP contribution in [0.3, 0.4) is 0 Å². The van der Waals surface area contributed by atoms with Crippen molar-refractivity contribution in [2.24, 2.45) is 0 Å².